The van der Waals surface area contributed by atoms with Crippen LogP contribution in [0.15, 0.2) is 36.9 Å². The Labute approximate surface area is 121 Å². The number of imidazole rings is 1. The number of fused-ring (bicyclic) bond motifs is 1. The van der Waals surface area contributed by atoms with E-state index in [0.717, 1.165) is 18.0 Å². The molecule has 0 saturated heterocycles. The van der Waals surface area contributed by atoms with Crippen LogP contribution in [0.1, 0.15) is 39.2 Å². The highest BCUT2D eigenvalue weighted by atomic mass is 15.3. The smallest absolute Gasteiger partial charge is 0.206 e. The van der Waals surface area contributed by atoms with Crippen LogP contribution in [0.3, 0.4) is 0 Å². The fourth-order valence-corrected chi connectivity index (χ4v) is 2.51. The molecule has 1 unspecified atom stereocenters. The minimum Gasteiger partial charge on any atom is -0.345 e. The summed E-state index contributed by atoms with van der Waals surface area (Å²) >= 11 is 0. The molecule has 2 aromatic rings. The molecule has 0 saturated carbocycles. The first-order valence-electron chi connectivity index (χ1n) is 7.49. The van der Waals surface area contributed by atoms with Crippen LogP contribution in [0.25, 0.3) is 11.0 Å². The molecule has 20 heavy (non-hydrogen) atoms. The molecule has 0 bridgehead atoms. The summed E-state index contributed by atoms with van der Waals surface area (Å²) in [5.74, 6) is 1.04. The molecule has 1 heterocycles. The van der Waals surface area contributed by atoms with E-state index in [1.165, 1.54) is 24.8 Å². The second-order valence-electron chi connectivity index (χ2n) is 5.38. The predicted octanol–water partition coefficient (Wildman–Crippen LogP) is 4.41. The van der Waals surface area contributed by atoms with Gasteiger partial charge in [-0.05, 0) is 25.5 Å². The predicted molar refractivity (Wildman–Crippen MR) is 87.4 cm³/mol. The normalized spacial score (nSPS) is 12.6. The lowest BCUT2D eigenvalue weighted by atomic mass is 10.2. The van der Waals surface area contributed by atoms with Gasteiger partial charge in [-0.25, -0.2) is 4.98 Å². The molecule has 1 aromatic carbocycles. The van der Waals surface area contributed by atoms with Crippen LogP contribution in [0.4, 0.5) is 5.95 Å². The number of anilines is 1. The number of rotatable bonds is 7. The molecule has 108 valence electrons. The van der Waals surface area contributed by atoms with E-state index in [0.29, 0.717) is 0 Å². The molecule has 0 radical (unpaired) electrons. The third-order valence-corrected chi connectivity index (χ3v) is 3.76. The van der Waals surface area contributed by atoms with E-state index in [-0.39, 0.29) is 6.04 Å². The van der Waals surface area contributed by atoms with E-state index in [4.69, 9.17) is 4.98 Å². The fraction of sp³-hybridized carbons (Fsp3) is 0.471. The fourth-order valence-electron chi connectivity index (χ4n) is 2.51. The van der Waals surface area contributed by atoms with Gasteiger partial charge >= 0.3 is 0 Å². The third-order valence-electron chi connectivity index (χ3n) is 3.76. The summed E-state index contributed by atoms with van der Waals surface area (Å²) in [6.07, 6.45) is 5.69. The van der Waals surface area contributed by atoms with Crippen molar-refractivity contribution < 1.29 is 0 Å². The number of hydrogen-bond donors (Lipinski definition) is 0. The van der Waals surface area contributed by atoms with Gasteiger partial charge in [0.15, 0.2) is 0 Å². The Kier molecular flexibility index (Phi) is 4.83. The summed E-state index contributed by atoms with van der Waals surface area (Å²) in [6, 6.07) is 8.55. The van der Waals surface area contributed by atoms with Crippen LogP contribution in [-0.4, -0.2) is 23.1 Å². The van der Waals surface area contributed by atoms with E-state index in [1.807, 2.05) is 12.1 Å². The van der Waals surface area contributed by atoms with Gasteiger partial charge in [-0.15, -0.1) is 6.58 Å². The van der Waals surface area contributed by atoms with E-state index < -0.39 is 0 Å². The minimum absolute atomic E-state index is 0.242. The molecule has 1 aromatic heterocycles. The second kappa shape index (κ2) is 6.60. The van der Waals surface area contributed by atoms with Crippen molar-refractivity contribution in [1.82, 2.24) is 9.55 Å². The molecule has 0 N–H and O–H groups in total. The number of allylic oxidation sites excluding steroid dienone is 1. The molecule has 0 aliphatic carbocycles. The van der Waals surface area contributed by atoms with E-state index in [9.17, 15) is 0 Å². The Balaban J connectivity index is 2.38. The lowest BCUT2D eigenvalue weighted by molar-refractivity contribution is 0.644. The van der Waals surface area contributed by atoms with Gasteiger partial charge in [-0.1, -0.05) is 38.0 Å². The highest BCUT2D eigenvalue weighted by Crippen LogP contribution is 2.27. The standard InChI is InChI=1S/C17H25N3/c1-5-7-10-13-19(4)17-18-15-11-8-9-12-16(15)20(17)14(3)6-2/h6,8-9,11-12,14H,2,5,7,10,13H2,1,3-4H3. The molecule has 0 amide bonds. The number of para-hydroxylation sites is 2. The quantitative estimate of drug-likeness (QED) is 0.549. The first-order valence-corrected chi connectivity index (χ1v) is 7.49. The van der Waals surface area contributed by atoms with Crippen LogP contribution in [0.2, 0.25) is 0 Å². The molecule has 0 aliphatic heterocycles. The lowest BCUT2D eigenvalue weighted by Crippen LogP contribution is -2.23. The van der Waals surface area contributed by atoms with Crippen LogP contribution >= 0.6 is 0 Å². The van der Waals surface area contributed by atoms with E-state index >= 15 is 0 Å². The van der Waals surface area contributed by atoms with Gasteiger partial charge in [-0.2, -0.15) is 0 Å². The molecule has 0 spiro atoms. The maximum Gasteiger partial charge on any atom is 0.206 e. The van der Waals surface area contributed by atoms with Crippen molar-refractivity contribution in [3.63, 3.8) is 0 Å². The minimum atomic E-state index is 0.242. The highest BCUT2D eigenvalue weighted by molar-refractivity contribution is 5.79. The van der Waals surface area contributed by atoms with Gasteiger partial charge < -0.3 is 9.47 Å². The monoisotopic (exact) mass is 271 g/mol. The van der Waals surface area contributed by atoms with Gasteiger partial charge in [-0.3, -0.25) is 0 Å². The second-order valence-corrected chi connectivity index (χ2v) is 5.38. The van der Waals surface area contributed by atoms with Crippen LogP contribution in [-0.2, 0) is 0 Å². The Hall–Kier alpha value is -1.77. The number of nitrogens with zero attached hydrogens (tertiary/aromatic N) is 3. The zero-order valence-electron chi connectivity index (χ0n) is 12.8. The Bertz CT molecular complexity index is 571. The summed E-state index contributed by atoms with van der Waals surface area (Å²) in [7, 11) is 2.13. The average Bonchev–Trinajstić information content (AvgIpc) is 2.86. The summed E-state index contributed by atoms with van der Waals surface area (Å²) < 4.78 is 2.27. The summed E-state index contributed by atoms with van der Waals surface area (Å²) in [5.41, 5.74) is 2.23. The Morgan fingerprint density at radius 3 is 2.80 bits per heavy atom. The van der Waals surface area contributed by atoms with E-state index in [2.05, 4.69) is 55.1 Å². The first-order chi connectivity index (χ1) is 9.69. The van der Waals surface area contributed by atoms with Gasteiger partial charge in [0, 0.05) is 13.6 Å². The number of unbranched alkanes of at least 4 members (excludes halogenated alkanes) is 2. The summed E-state index contributed by atoms with van der Waals surface area (Å²) in [5, 5.41) is 0. The van der Waals surface area contributed by atoms with Crippen molar-refractivity contribution in [2.45, 2.75) is 39.2 Å². The highest BCUT2D eigenvalue weighted by Gasteiger charge is 2.16. The van der Waals surface area contributed by atoms with Crippen LogP contribution < -0.4 is 4.90 Å². The van der Waals surface area contributed by atoms with E-state index in [1.54, 1.807) is 0 Å². The molecule has 2 rings (SSSR count). The summed E-state index contributed by atoms with van der Waals surface area (Å²) in [6.45, 7) is 9.36. The maximum atomic E-state index is 4.80. The maximum absolute atomic E-state index is 4.80. The van der Waals surface area contributed by atoms with Crippen molar-refractivity contribution >= 4 is 17.0 Å². The SMILES string of the molecule is C=CC(C)n1c(N(C)CCCCC)nc2ccccc21. The van der Waals surface area contributed by atoms with Gasteiger partial charge in [0.25, 0.3) is 0 Å². The largest absolute Gasteiger partial charge is 0.345 e. The molecule has 0 aliphatic rings. The van der Waals surface area contributed by atoms with Crippen LogP contribution in [0, 0.1) is 0 Å². The Morgan fingerprint density at radius 1 is 1.35 bits per heavy atom. The molecular formula is C17H25N3. The molecule has 3 heteroatoms. The van der Waals surface area contributed by atoms with Crippen LogP contribution in [0.5, 0.6) is 0 Å². The lowest BCUT2D eigenvalue weighted by Gasteiger charge is -2.22. The first kappa shape index (κ1) is 14.6. The van der Waals surface area contributed by atoms with Gasteiger partial charge in [0.2, 0.25) is 5.95 Å². The van der Waals surface area contributed by atoms with Crippen molar-refractivity contribution in [1.29, 1.82) is 0 Å². The van der Waals surface area contributed by atoms with Gasteiger partial charge in [0.05, 0.1) is 17.1 Å². The van der Waals surface area contributed by atoms with Crippen molar-refractivity contribution in [2.24, 2.45) is 0 Å². The topological polar surface area (TPSA) is 21.1 Å². The van der Waals surface area contributed by atoms with Crippen molar-refractivity contribution in [2.75, 3.05) is 18.5 Å². The van der Waals surface area contributed by atoms with Gasteiger partial charge in [0.1, 0.15) is 0 Å². The molecule has 0 fully saturated rings. The summed E-state index contributed by atoms with van der Waals surface area (Å²) in [4.78, 5) is 7.06. The molecular weight excluding hydrogens is 246 g/mol. The average molecular weight is 271 g/mol. The van der Waals surface area contributed by atoms with Crippen molar-refractivity contribution in [3.05, 3.63) is 36.9 Å². The number of hydrogen-bond acceptors (Lipinski definition) is 2. The zero-order chi connectivity index (χ0) is 14.5. The Morgan fingerprint density at radius 2 is 2.10 bits per heavy atom. The van der Waals surface area contributed by atoms with Crippen molar-refractivity contribution in [3.8, 4) is 0 Å². The molecule has 3 nitrogen and oxygen atoms in total. The number of benzene rings is 1. The third kappa shape index (κ3) is 2.87. The number of aromatic nitrogens is 2. The molecule has 1 atom stereocenters. The zero-order valence-corrected chi connectivity index (χ0v) is 12.8.